The Morgan fingerprint density at radius 3 is 1.74 bits per heavy atom. The molecule has 0 spiro atoms. The molecule has 6 rings (SSSR count). The van der Waals surface area contributed by atoms with Crippen LogP contribution < -0.4 is 0 Å². The molecule has 0 aliphatic heterocycles. The Kier molecular flexibility index (Phi) is 3.99. The number of hydrogen-bond acceptors (Lipinski definition) is 5. The number of nitrogens with zero attached hydrogens (tertiary/aromatic N) is 6. The van der Waals surface area contributed by atoms with Gasteiger partial charge >= 0.3 is 0 Å². The molecule has 6 nitrogen and oxygen atoms in total. The van der Waals surface area contributed by atoms with Crippen molar-refractivity contribution in [3.8, 4) is 27.9 Å². The lowest BCUT2D eigenvalue weighted by molar-refractivity contribution is 1.13. The predicted molar refractivity (Wildman–Crippen MR) is 121 cm³/mol. The first-order chi connectivity index (χ1) is 15.4. The molecule has 0 aliphatic carbocycles. The van der Waals surface area contributed by atoms with E-state index in [9.17, 15) is 0 Å². The second-order valence-electron chi connectivity index (χ2n) is 7.26. The maximum absolute atomic E-state index is 4.54. The van der Waals surface area contributed by atoms with Crippen LogP contribution in [0.5, 0.6) is 0 Å². The minimum Gasteiger partial charge on any atom is -0.307 e. The molecule has 0 aliphatic rings. The van der Waals surface area contributed by atoms with Gasteiger partial charge in [0.25, 0.3) is 0 Å². The van der Waals surface area contributed by atoms with Crippen molar-refractivity contribution in [3.63, 3.8) is 0 Å². The zero-order chi connectivity index (χ0) is 20.6. The fraction of sp³-hybridized carbons (Fsp3) is 0. The smallest absolute Gasteiger partial charge is 0.0651 e. The number of rotatable bonds is 3. The van der Waals surface area contributed by atoms with Gasteiger partial charge in [0.2, 0.25) is 0 Å². The highest BCUT2D eigenvalue weighted by Gasteiger charge is 2.13. The van der Waals surface area contributed by atoms with Gasteiger partial charge in [-0.2, -0.15) is 0 Å². The van der Waals surface area contributed by atoms with Crippen LogP contribution in [0.4, 0.5) is 0 Å². The first-order valence-electron chi connectivity index (χ1n) is 9.88. The lowest BCUT2D eigenvalue weighted by atomic mass is 10.0. The second-order valence-corrected chi connectivity index (χ2v) is 7.26. The third kappa shape index (κ3) is 2.93. The van der Waals surface area contributed by atoms with Crippen LogP contribution >= 0.6 is 0 Å². The Balaban J connectivity index is 1.53. The highest BCUT2D eigenvalue weighted by molar-refractivity contribution is 6.08. The molecule has 146 valence electrons. The average Bonchev–Trinajstić information content (AvgIpc) is 3.19. The molecule has 0 saturated heterocycles. The predicted octanol–water partition coefficient (Wildman–Crippen LogP) is 5.09. The molecule has 31 heavy (non-hydrogen) atoms. The van der Waals surface area contributed by atoms with Crippen molar-refractivity contribution >= 4 is 21.8 Å². The van der Waals surface area contributed by atoms with Gasteiger partial charge in [-0.15, -0.1) is 0 Å². The van der Waals surface area contributed by atoms with E-state index >= 15 is 0 Å². The molecule has 0 radical (unpaired) electrons. The van der Waals surface area contributed by atoms with Crippen molar-refractivity contribution in [3.05, 3.63) is 98.4 Å². The van der Waals surface area contributed by atoms with Crippen LogP contribution in [0.25, 0.3) is 49.7 Å². The molecule has 0 N–H and O–H groups in total. The van der Waals surface area contributed by atoms with Gasteiger partial charge < -0.3 is 4.57 Å². The summed E-state index contributed by atoms with van der Waals surface area (Å²) in [7, 11) is 0. The van der Waals surface area contributed by atoms with Gasteiger partial charge in [-0.25, -0.2) is 0 Å². The van der Waals surface area contributed by atoms with E-state index in [1.54, 1.807) is 6.20 Å². The molecule has 0 saturated carbocycles. The maximum Gasteiger partial charge on any atom is 0.0651 e. The zero-order valence-electron chi connectivity index (χ0n) is 16.4. The third-order valence-electron chi connectivity index (χ3n) is 5.42. The molecule has 0 amide bonds. The van der Waals surface area contributed by atoms with Gasteiger partial charge in [0.15, 0.2) is 0 Å². The lowest BCUT2D eigenvalue weighted by Crippen LogP contribution is -1.96. The Morgan fingerprint density at radius 2 is 1.06 bits per heavy atom. The fourth-order valence-electron chi connectivity index (χ4n) is 3.98. The summed E-state index contributed by atoms with van der Waals surface area (Å²) in [5.41, 5.74) is 7.15. The first kappa shape index (κ1) is 17.4. The average molecular weight is 400 g/mol. The van der Waals surface area contributed by atoms with E-state index < -0.39 is 0 Å². The molecule has 6 aromatic heterocycles. The topological polar surface area (TPSA) is 69.4 Å². The van der Waals surface area contributed by atoms with Gasteiger partial charge in [0.1, 0.15) is 0 Å². The quantitative estimate of drug-likeness (QED) is 0.414. The largest absolute Gasteiger partial charge is 0.307 e. The van der Waals surface area contributed by atoms with E-state index in [4.69, 9.17) is 0 Å². The summed E-state index contributed by atoms with van der Waals surface area (Å²) >= 11 is 0. The summed E-state index contributed by atoms with van der Waals surface area (Å²) in [6.45, 7) is 0. The summed E-state index contributed by atoms with van der Waals surface area (Å²) in [6, 6.07) is 12.2. The summed E-state index contributed by atoms with van der Waals surface area (Å²) in [6.07, 6.45) is 18.5. The van der Waals surface area contributed by atoms with Crippen LogP contribution in [-0.4, -0.2) is 29.5 Å². The van der Waals surface area contributed by atoms with E-state index in [2.05, 4.69) is 41.6 Å². The highest BCUT2D eigenvalue weighted by atomic mass is 15.0. The third-order valence-corrected chi connectivity index (χ3v) is 5.42. The Morgan fingerprint density at radius 1 is 0.484 bits per heavy atom. The van der Waals surface area contributed by atoms with Gasteiger partial charge in [-0.3, -0.25) is 24.9 Å². The molecule has 0 aromatic carbocycles. The molecule has 6 heteroatoms. The van der Waals surface area contributed by atoms with E-state index in [0.29, 0.717) is 0 Å². The van der Waals surface area contributed by atoms with Crippen molar-refractivity contribution in [1.29, 1.82) is 0 Å². The molecule has 0 bridgehead atoms. The van der Waals surface area contributed by atoms with E-state index in [0.717, 1.165) is 49.7 Å². The minimum absolute atomic E-state index is 0.974. The highest BCUT2D eigenvalue weighted by Crippen LogP contribution is 2.32. The normalized spacial score (nSPS) is 11.2. The van der Waals surface area contributed by atoms with Crippen LogP contribution in [-0.2, 0) is 0 Å². The molecule has 6 aromatic rings. The standard InChI is InChI=1S/C25H16N6/c1-2-17(10-26-5-1)18-8-19(12-29-11-18)20-9-21(14-30-13-20)31-24-3-6-27-15-22(24)23-16-28-7-4-25(23)31/h1-16H. The summed E-state index contributed by atoms with van der Waals surface area (Å²) in [4.78, 5) is 21.8. The summed E-state index contributed by atoms with van der Waals surface area (Å²) in [5.74, 6) is 0. The van der Waals surface area contributed by atoms with E-state index in [-0.39, 0.29) is 0 Å². The van der Waals surface area contributed by atoms with Crippen molar-refractivity contribution in [2.75, 3.05) is 0 Å². The Bertz CT molecular complexity index is 1490. The van der Waals surface area contributed by atoms with E-state index in [1.165, 1.54) is 0 Å². The summed E-state index contributed by atoms with van der Waals surface area (Å²) < 4.78 is 2.20. The molecular formula is C25H16N6. The fourth-order valence-corrected chi connectivity index (χ4v) is 3.98. The zero-order valence-corrected chi connectivity index (χ0v) is 16.4. The molecule has 0 unspecified atom stereocenters. The molecule has 0 atom stereocenters. The van der Waals surface area contributed by atoms with Crippen LogP contribution in [0, 0.1) is 0 Å². The van der Waals surface area contributed by atoms with Crippen molar-refractivity contribution < 1.29 is 0 Å². The van der Waals surface area contributed by atoms with Gasteiger partial charge in [0.05, 0.1) is 22.9 Å². The van der Waals surface area contributed by atoms with Gasteiger partial charge in [-0.05, 0) is 30.3 Å². The van der Waals surface area contributed by atoms with Gasteiger partial charge in [0, 0.05) is 88.8 Å². The van der Waals surface area contributed by atoms with Crippen LogP contribution in [0.3, 0.4) is 0 Å². The van der Waals surface area contributed by atoms with Crippen molar-refractivity contribution in [2.45, 2.75) is 0 Å². The van der Waals surface area contributed by atoms with Crippen molar-refractivity contribution in [1.82, 2.24) is 29.5 Å². The number of fused-ring (bicyclic) bond motifs is 3. The number of hydrogen-bond donors (Lipinski definition) is 0. The summed E-state index contributed by atoms with van der Waals surface area (Å²) in [5, 5.41) is 2.13. The van der Waals surface area contributed by atoms with E-state index in [1.807, 2.05) is 80.0 Å². The molecule has 6 heterocycles. The maximum atomic E-state index is 4.54. The molecule has 0 fully saturated rings. The minimum atomic E-state index is 0.974. The van der Waals surface area contributed by atoms with Crippen LogP contribution in [0.1, 0.15) is 0 Å². The number of pyridine rings is 5. The Hall–Kier alpha value is -4.45. The SMILES string of the molecule is c1cncc(-c2cncc(-c3cncc(-n4c5ccncc5c5cnccc54)c3)c2)c1. The van der Waals surface area contributed by atoms with Crippen molar-refractivity contribution in [2.24, 2.45) is 0 Å². The lowest BCUT2D eigenvalue weighted by Gasteiger charge is -2.10. The van der Waals surface area contributed by atoms with Gasteiger partial charge in [-0.1, -0.05) is 6.07 Å². The Labute approximate surface area is 177 Å². The van der Waals surface area contributed by atoms with Crippen LogP contribution in [0.2, 0.25) is 0 Å². The monoisotopic (exact) mass is 400 g/mol. The molecular weight excluding hydrogens is 384 g/mol. The second kappa shape index (κ2) is 7.11. The number of aromatic nitrogens is 6. The first-order valence-corrected chi connectivity index (χ1v) is 9.88. The van der Waals surface area contributed by atoms with Crippen LogP contribution in [0.15, 0.2) is 98.4 Å².